The quantitative estimate of drug-likeness (QED) is 0.858. The van der Waals surface area contributed by atoms with E-state index in [1.54, 1.807) is 14.2 Å². The summed E-state index contributed by atoms with van der Waals surface area (Å²) in [5.41, 5.74) is 3.09. The third-order valence-corrected chi connectivity index (χ3v) is 4.11. The van der Waals surface area contributed by atoms with Crippen LogP contribution in [0.15, 0.2) is 42.5 Å². The van der Waals surface area contributed by atoms with Crippen molar-refractivity contribution in [3.05, 3.63) is 59.2 Å². The molecule has 2 aromatic carbocycles. The Morgan fingerprint density at radius 3 is 2.29 bits per heavy atom. The van der Waals surface area contributed by atoms with Gasteiger partial charge in [-0.1, -0.05) is 12.1 Å². The van der Waals surface area contributed by atoms with Crippen molar-refractivity contribution in [2.45, 2.75) is 18.8 Å². The van der Waals surface area contributed by atoms with Crippen LogP contribution in [0.1, 0.15) is 40.2 Å². The van der Waals surface area contributed by atoms with Crippen molar-refractivity contribution in [1.82, 2.24) is 0 Å². The maximum Gasteiger partial charge on any atom is 0.163 e. The first-order valence-electron chi connectivity index (χ1n) is 7.08. The highest BCUT2D eigenvalue weighted by Gasteiger charge is 2.27. The van der Waals surface area contributed by atoms with E-state index in [4.69, 9.17) is 9.47 Å². The van der Waals surface area contributed by atoms with Crippen LogP contribution < -0.4 is 9.47 Å². The second-order valence-electron chi connectivity index (χ2n) is 5.24. The Bertz CT molecular complexity index is 659. The van der Waals surface area contributed by atoms with Gasteiger partial charge < -0.3 is 9.47 Å². The predicted octanol–water partition coefficient (Wildman–Crippen LogP) is 3.81. The van der Waals surface area contributed by atoms with E-state index < -0.39 is 0 Å². The molecule has 0 N–H and O–H groups in total. The van der Waals surface area contributed by atoms with Crippen molar-refractivity contribution >= 4 is 5.78 Å². The molecule has 0 bridgehead atoms. The lowest BCUT2D eigenvalue weighted by atomic mass is 9.78. The van der Waals surface area contributed by atoms with Gasteiger partial charge in [0.15, 0.2) is 5.78 Å². The number of ketones is 1. The molecule has 0 aromatic heterocycles. The summed E-state index contributed by atoms with van der Waals surface area (Å²) in [5.74, 6) is 2.09. The van der Waals surface area contributed by atoms with E-state index in [0.29, 0.717) is 6.42 Å². The van der Waals surface area contributed by atoms with Crippen molar-refractivity contribution in [2.24, 2.45) is 0 Å². The van der Waals surface area contributed by atoms with Gasteiger partial charge in [-0.25, -0.2) is 0 Å². The minimum atomic E-state index is 0.220. The van der Waals surface area contributed by atoms with Gasteiger partial charge in [-0.3, -0.25) is 4.79 Å². The number of ether oxygens (including phenoxy) is 2. The number of benzene rings is 2. The van der Waals surface area contributed by atoms with E-state index in [0.717, 1.165) is 29.0 Å². The Morgan fingerprint density at radius 2 is 1.62 bits per heavy atom. The number of methoxy groups -OCH3 is 2. The Hall–Kier alpha value is -2.29. The normalized spacial score (nSPS) is 17.2. The fraction of sp³-hybridized carbons (Fsp3) is 0.278. The Balaban J connectivity index is 2.04. The Morgan fingerprint density at radius 1 is 0.952 bits per heavy atom. The highest BCUT2D eigenvalue weighted by molar-refractivity contribution is 5.99. The molecule has 21 heavy (non-hydrogen) atoms. The van der Waals surface area contributed by atoms with Crippen molar-refractivity contribution in [3.63, 3.8) is 0 Å². The molecule has 0 fully saturated rings. The predicted molar refractivity (Wildman–Crippen MR) is 81.4 cm³/mol. The second-order valence-corrected chi connectivity index (χ2v) is 5.24. The fourth-order valence-corrected chi connectivity index (χ4v) is 2.96. The Kier molecular flexibility index (Phi) is 3.65. The summed E-state index contributed by atoms with van der Waals surface area (Å²) in [7, 11) is 3.31. The molecule has 0 saturated carbocycles. The molecule has 0 amide bonds. The largest absolute Gasteiger partial charge is 0.497 e. The van der Waals surface area contributed by atoms with E-state index in [9.17, 15) is 4.79 Å². The van der Waals surface area contributed by atoms with E-state index >= 15 is 0 Å². The summed E-state index contributed by atoms with van der Waals surface area (Å²) in [4.78, 5) is 12.1. The molecule has 1 atom stereocenters. The standard InChI is InChI=1S/C18H18O3/c1-20-13-5-3-12(4-6-13)15-9-10-18(19)16-8-7-14(21-2)11-17(15)16/h3-8,11,15H,9-10H2,1-2H3/t15-/m1/s1. The summed E-state index contributed by atoms with van der Waals surface area (Å²) in [6.45, 7) is 0. The number of hydrogen-bond donors (Lipinski definition) is 0. The van der Waals surface area contributed by atoms with Crippen LogP contribution in [0.25, 0.3) is 0 Å². The van der Waals surface area contributed by atoms with E-state index in [1.165, 1.54) is 5.56 Å². The zero-order chi connectivity index (χ0) is 14.8. The molecule has 0 radical (unpaired) electrons. The number of carbonyl (C=O) groups excluding carboxylic acids is 1. The first-order chi connectivity index (χ1) is 10.2. The maximum atomic E-state index is 12.1. The topological polar surface area (TPSA) is 35.5 Å². The summed E-state index contributed by atoms with van der Waals surface area (Å²) in [6.07, 6.45) is 1.43. The maximum absolute atomic E-state index is 12.1. The summed E-state index contributed by atoms with van der Waals surface area (Å²) < 4.78 is 10.5. The first-order valence-corrected chi connectivity index (χ1v) is 7.08. The molecule has 2 aromatic rings. The van der Waals surface area contributed by atoms with Crippen molar-refractivity contribution in [3.8, 4) is 11.5 Å². The fourth-order valence-electron chi connectivity index (χ4n) is 2.96. The lowest BCUT2D eigenvalue weighted by Gasteiger charge is -2.25. The van der Waals surface area contributed by atoms with E-state index in [-0.39, 0.29) is 11.7 Å². The van der Waals surface area contributed by atoms with Crippen molar-refractivity contribution < 1.29 is 14.3 Å². The van der Waals surface area contributed by atoms with E-state index in [2.05, 4.69) is 12.1 Å². The van der Waals surface area contributed by atoms with Gasteiger partial charge in [0.05, 0.1) is 14.2 Å². The number of hydrogen-bond acceptors (Lipinski definition) is 3. The van der Waals surface area contributed by atoms with Gasteiger partial charge in [0.1, 0.15) is 11.5 Å². The SMILES string of the molecule is COc1ccc([C@H]2CCC(=O)c3ccc(OC)cc32)cc1. The molecule has 0 spiro atoms. The smallest absolute Gasteiger partial charge is 0.163 e. The number of fused-ring (bicyclic) bond motifs is 1. The molecule has 3 rings (SSSR count). The second kappa shape index (κ2) is 5.60. The number of Topliss-reactive ketones (excluding diaryl/α,β-unsaturated/α-hetero) is 1. The zero-order valence-corrected chi connectivity index (χ0v) is 12.3. The lowest BCUT2D eigenvalue weighted by molar-refractivity contribution is 0.0969. The van der Waals surface area contributed by atoms with Crippen LogP contribution in [0.2, 0.25) is 0 Å². The van der Waals surface area contributed by atoms with Gasteiger partial charge in [-0.05, 0) is 47.9 Å². The van der Waals surface area contributed by atoms with Gasteiger partial charge in [0.25, 0.3) is 0 Å². The van der Waals surface area contributed by atoms with Crippen LogP contribution >= 0.6 is 0 Å². The summed E-state index contributed by atoms with van der Waals surface area (Å²) in [6, 6.07) is 13.8. The minimum absolute atomic E-state index is 0.220. The van der Waals surface area contributed by atoms with E-state index in [1.807, 2.05) is 30.3 Å². The summed E-state index contributed by atoms with van der Waals surface area (Å²) >= 11 is 0. The van der Waals surface area contributed by atoms with Crippen LogP contribution in [-0.2, 0) is 0 Å². The zero-order valence-electron chi connectivity index (χ0n) is 12.3. The highest BCUT2D eigenvalue weighted by atomic mass is 16.5. The van der Waals surface area contributed by atoms with Gasteiger partial charge in [-0.15, -0.1) is 0 Å². The molecule has 0 heterocycles. The third kappa shape index (κ3) is 2.51. The molecule has 3 heteroatoms. The highest BCUT2D eigenvalue weighted by Crippen LogP contribution is 2.38. The van der Waals surface area contributed by atoms with Crippen molar-refractivity contribution in [1.29, 1.82) is 0 Å². The minimum Gasteiger partial charge on any atom is -0.497 e. The number of rotatable bonds is 3. The van der Waals surface area contributed by atoms with Crippen LogP contribution in [0.3, 0.4) is 0 Å². The average Bonchev–Trinajstić information content (AvgIpc) is 2.55. The molecular weight excluding hydrogens is 264 g/mol. The van der Waals surface area contributed by atoms with Gasteiger partial charge in [0.2, 0.25) is 0 Å². The molecular formula is C18H18O3. The third-order valence-electron chi connectivity index (χ3n) is 4.11. The molecule has 3 nitrogen and oxygen atoms in total. The van der Waals surface area contributed by atoms with Crippen LogP contribution in [0, 0.1) is 0 Å². The molecule has 108 valence electrons. The molecule has 0 saturated heterocycles. The monoisotopic (exact) mass is 282 g/mol. The Labute approximate surface area is 124 Å². The molecule has 0 unspecified atom stereocenters. The number of carbonyl (C=O) groups is 1. The van der Waals surface area contributed by atoms with Crippen LogP contribution in [0.4, 0.5) is 0 Å². The molecule has 0 aliphatic heterocycles. The summed E-state index contributed by atoms with van der Waals surface area (Å²) in [5, 5.41) is 0. The van der Waals surface area contributed by atoms with Gasteiger partial charge in [0, 0.05) is 17.9 Å². The van der Waals surface area contributed by atoms with Crippen LogP contribution in [-0.4, -0.2) is 20.0 Å². The molecule has 1 aliphatic rings. The van der Waals surface area contributed by atoms with Gasteiger partial charge in [-0.2, -0.15) is 0 Å². The van der Waals surface area contributed by atoms with Gasteiger partial charge >= 0.3 is 0 Å². The average molecular weight is 282 g/mol. The van der Waals surface area contributed by atoms with Crippen LogP contribution in [0.5, 0.6) is 11.5 Å². The van der Waals surface area contributed by atoms with Crippen molar-refractivity contribution in [2.75, 3.05) is 14.2 Å². The lowest BCUT2D eigenvalue weighted by Crippen LogP contribution is -2.16. The molecule has 1 aliphatic carbocycles. The first kappa shape index (κ1) is 13.7.